The number of carbonyl (C=O) groups is 4. The normalized spacial score (nSPS) is 18.8. The number of hydrogen-bond acceptors (Lipinski definition) is 17. The number of thiazole rings is 1. The number of aryl methyl sites for hydroxylation is 1. The number of fused-ring (bicyclic) bond motifs is 1. The van der Waals surface area contributed by atoms with E-state index >= 15 is 0 Å². The van der Waals surface area contributed by atoms with Crippen LogP contribution in [-0.2, 0) is 31.0 Å². The Kier molecular flexibility index (Phi) is 9.40. The molecular weight excluding hydrogens is 629 g/mol. The SMILES string of the molecule is Cn1nc(OCOC(=O)C(C)(C)C)c(=O)nc1SCC1=C(C(=O)O)N2C[C@@H](NC(=O)C(N=O)c3csc(N)n3)[C@@H]2C(=O)S1. The number of thioether (sulfide) groups is 2. The largest absolute Gasteiger partial charge is 0.477 e. The first-order chi connectivity index (χ1) is 20.2. The number of nitrogens with zero attached hydrogens (tertiary/aromatic N) is 6. The number of esters is 1. The molecule has 0 aliphatic carbocycles. The fourth-order valence-corrected chi connectivity index (χ4v) is 6.66. The van der Waals surface area contributed by atoms with Crippen molar-refractivity contribution < 1.29 is 33.8 Å². The van der Waals surface area contributed by atoms with E-state index in [1.807, 2.05) is 0 Å². The molecule has 3 atom stereocenters. The van der Waals surface area contributed by atoms with E-state index in [1.165, 1.54) is 22.0 Å². The number of rotatable bonds is 11. The first kappa shape index (κ1) is 31.9. The minimum absolute atomic E-state index is 0.00654. The van der Waals surface area contributed by atoms with Crippen LogP contribution in [0.5, 0.6) is 5.88 Å². The van der Waals surface area contributed by atoms with E-state index in [1.54, 1.807) is 20.8 Å². The van der Waals surface area contributed by atoms with E-state index in [9.17, 15) is 34.0 Å². The number of nitrogens with two attached hydrogens (primary N) is 1. The van der Waals surface area contributed by atoms with Gasteiger partial charge in [0.15, 0.2) is 10.3 Å². The van der Waals surface area contributed by atoms with Crippen LogP contribution in [0.4, 0.5) is 5.13 Å². The molecule has 0 spiro atoms. The molecule has 2 aliphatic rings. The van der Waals surface area contributed by atoms with Crippen molar-refractivity contribution in [2.45, 2.75) is 44.1 Å². The van der Waals surface area contributed by atoms with Gasteiger partial charge in [-0.3, -0.25) is 19.2 Å². The molecule has 4 heterocycles. The minimum Gasteiger partial charge on any atom is -0.477 e. The molecule has 4 rings (SSSR count). The number of nitrogen functional groups attached to an aromatic ring is 1. The van der Waals surface area contributed by atoms with E-state index < -0.39 is 64.7 Å². The van der Waals surface area contributed by atoms with Crippen molar-refractivity contribution >= 4 is 63.0 Å². The van der Waals surface area contributed by atoms with Gasteiger partial charge in [-0.2, -0.15) is 4.98 Å². The molecule has 2 aromatic rings. The monoisotopic (exact) mass is 654 g/mol. The molecular formula is C23H26N8O9S3. The highest BCUT2D eigenvalue weighted by Gasteiger charge is 2.51. The van der Waals surface area contributed by atoms with Crippen molar-refractivity contribution in [3.63, 3.8) is 0 Å². The number of anilines is 1. The molecule has 43 heavy (non-hydrogen) atoms. The Balaban J connectivity index is 1.42. The lowest BCUT2D eigenvalue weighted by Crippen LogP contribution is -2.70. The average Bonchev–Trinajstić information content (AvgIpc) is 3.33. The number of nitroso groups, excluding NO2 is 1. The number of amides is 1. The smallest absolute Gasteiger partial charge is 0.353 e. The topological polar surface area (TPSA) is 238 Å². The number of aromatic nitrogens is 4. The third kappa shape index (κ3) is 6.96. The zero-order valence-corrected chi connectivity index (χ0v) is 25.6. The molecule has 2 aromatic heterocycles. The number of carboxylic acid groups (broad SMARTS) is 1. The first-order valence-corrected chi connectivity index (χ1v) is 15.1. The van der Waals surface area contributed by atoms with E-state index in [0.717, 1.165) is 23.1 Å². The molecule has 1 fully saturated rings. The molecule has 0 bridgehead atoms. The zero-order valence-electron chi connectivity index (χ0n) is 23.1. The molecule has 1 unspecified atom stereocenters. The summed E-state index contributed by atoms with van der Waals surface area (Å²) >= 11 is 2.71. The van der Waals surface area contributed by atoms with E-state index in [-0.39, 0.29) is 38.9 Å². The molecule has 0 saturated carbocycles. The lowest BCUT2D eigenvalue weighted by atomic mass is 9.95. The van der Waals surface area contributed by atoms with Gasteiger partial charge in [0.25, 0.3) is 5.91 Å². The summed E-state index contributed by atoms with van der Waals surface area (Å²) in [6.07, 6.45) is 0. The highest BCUT2D eigenvalue weighted by Crippen LogP contribution is 2.41. The third-order valence-corrected chi connectivity index (χ3v) is 9.01. The number of nitrogens with one attached hydrogen (secondary N) is 1. The van der Waals surface area contributed by atoms with Crippen molar-refractivity contribution in [1.82, 2.24) is 30.0 Å². The molecule has 2 aliphatic heterocycles. The summed E-state index contributed by atoms with van der Waals surface area (Å²) in [5, 5.41) is 20.6. The van der Waals surface area contributed by atoms with Gasteiger partial charge in [0.2, 0.25) is 18.0 Å². The Bertz CT molecular complexity index is 1570. The Morgan fingerprint density at radius 2 is 2.02 bits per heavy atom. The Morgan fingerprint density at radius 1 is 1.30 bits per heavy atom. The predicted molar refractivity (Wildman–Crippen MR) is 154 cm³/mol. The molecule has 0 aromatic carbocycles. The van der Waals surface area contributed by atoms with Crippen LogP contribution >= 0.6 is 34.9 Å². The highest BCUT2D eigenvalue weighted by molar-refractivity contribution is 8.18. The summed E-state index contributed by atoms with van der Waals surface area (Å²) in [5.41, 5.74) is 3.90. The maximum absolute atomic E-state index is 13.0. The highest BCUT2D eigenvalue weighted by atomic mass is 32.2. The van der Waals surface area contributed by atoms with Gasteiger partial charge in [0.05, 0.1) is 17.2 Å². The van der Waals surface area contributed by atoms with Crippen LogP contribution in [-0.4, -0.2) is 83.9 Å². The van der Waals surface area contributed by atoms with Crippen LogP contribution in [0.3, 0.4) is 0 Å². The second kappa shape index (κ2) is 12.7. The minimum atomic E-state index is -1.47. The van der Waals surface area contributed by atoms with Gasteiger partial charge in [-0.25, -0.2) is 14.5 Å². The maximum atomic E-state index is 13.0. The zero-order chi connectivity index (χ0) is 31.6. The standard InChI is InChI=1S/C23H26N8O9S3/c1-23(2,3)20(37)40-8-39-17-16(33)27-22(30(4)28-17)42-7-11-14(18(34)35)31-5-9(13(31)19(36)43-11)25-15(32)12(29-38)10-6-41-21(24)26-10/h6,9,12-13H,5,7-8H2,1-4H3,(H2,24,26)(H,25,32)(H,34,35)/t9-,12?,13-/m1/s1. The summed E-state index contributed by atoms with van der Waals surface area (Å²) in [5.74, 6) is -3.05. The lowest BCUT2D eigenvalue weighted by Gasteiger charge is -2.50. The second-order valence-corrected chi connectivity index (χ2v) is 13.1. The van der Waals surface area contributed by atoms with Crippen molar-refractivity contribution in [3.8, 4) is 5.88 Å². The maximum Gasteiger partial charge on any atom is 0.353 e. The number of carboxylic acids is 1. The van der Waals surface area contributed by atoms with Crippen LogP contribution < -0.4 is 21.3 Å². The van der Waals surface area contributed by atoms with Gasteiger partial charge in [0, 0.05) is 29.6 Å². The van der Waals surface area contributed by atoms with Crippen LogP contribution in [0.2, 0.25) is 0 Å². The fourth-order valence-electron chi connectivity index (χ4n) is 3.94. The van der Waals surface area contributed by atoms with Gasteiger partial charge in [-0.05, 0) is 25.9 Å². The molecule has 17 nitrogen and oxygen atoms in total. The molecule has 1 saturated heterocycles. The summed E-state index contributed by atoms with van der Waals surface area (Å²) in [6.45, 7) is 4.43. The summed E-state index contributed by atoms with van der Waals surface area (Å²) < 4.78 is 11.3. The van der Waals surface area contributed by atoms with Crippen molar-refractivity contribution in [3.05, 3.63) is 36.9 Å². The quantitative estimate of drug-likeness (QED) is 0.129. The molecule has 1 amide bonds. The van der Waals surface area contributed by atoms with Crippen LogP contribution in [0.15, 0.2) is 31.1 Å². The number of aliphatic carboxylic acids is 1. The van der Waals surface area contributed by atoms with Gasteiger partial charge in [-0.1, -0.05) is 23.5 Å². The van der Waals surface area contributed by atoms with Crippen LogP contribution in [0, 0.1) is 10.3 Å². The summed E-state index contributed by atoms with van der Waals surface area (Å²) in [7, 11) is 1.48. The Labute approximate surface area is 255 Å². The van der Waals surface area contributed by atoms with Crippen LogP contribution in [0.1, 0.15) is 32.5 Å². The average molecular weight is 655 g/mol. The van der Waals surface area contributed by atoms with E-state index in [4.69, 9.17) is 15.2 Å². The fraction of sp³-hybridized carbons (Fsp3) is 0.478. The number of carbonyl (C=O) groups excluding carboxylic acids is 3. The molecule has 230 valence electrons. The van der Waals surface area contributed by atoms with E-state index in [2.05, 4.69) is 25.6 Å². The van der Waals surface area contributed by atoms with Gasteiger partial charge in [0.1, 0.15) is 11.7 Å². The lowest BCUT2D eigenvalue weighted by molar-refractivity contribution is -0.160. The van der Waals surface area contributed by atoms with Crippen molar-refractivity contribution in [2.75, 3.05) is 24.8 Å². The Hall–Kier alpha value is -4.04. The number of ether oxygens (including phenoxy) is 2. The van der Waals surface area contributed by atoms with Crippen molar-refractivity contribution in [2.24, 2.45) is 17.6 Å². The molecule has 0 radical (unpaired) electrons. The predicted octanol–water partition coefficient (Wildman–Crippen LogP) is 0.478. The van der Waals surface area contributed by atoms with Gasteiger partial charge >= 0.3 is 23.4 Å². The summed E-state index contributed by atoms with van der Waals surface area (Å²) in [4.78, 5) is 82.9. The molecule has 4 N–H and O–H groups in total. The first-order valence-electron chi connectivity index (χ1n) is 12.4. The van der Waals surface area contributed by atoms with Crippen LogP contribution in [0.25, 0.3) is 0 Å². The van der Waals surface area contributed by atoms with Crippen molar-refractivity contribution in [1.29, 1.82) is 0 Å². The Morgan fingerprint density at radius 3 is 2.63 bits per heavy atom. The third-order valence-electron chi connectivity index (χ3n) is 6.06. The molecule has 20 heteroatoms. The van der Waals surface area contributed by atoms with E-state index in [0.29, 0.717) is 11.8 Å². The van der Waals surface area contributed by atoms with Gasteiger partial charge < -0.3 is 30.5 Å². The van der Waals surface area contributed by atoms with Gasteiger partial charge in [-0.15, -0.1) is 21.3 Å². The number of hydrogen-bond donors (Lipinski definition) is 3. The summed E-state index contributed by atoms with van der Waals surface area (Å²) in [6, 6.07) is -3.22. The second-order valence-electron chi connectivity index (χ2n) is 10.2.